The third-order valence-electron chi connectivity index (χ3n) is 3.02. The highest BCUT2D eigenvalue weighted by atomic mass is 32.2. The fourth-order valence-corrected chi connectivity index (χ4v) is 3.48. The summed E-state index contributed by atoms with van der Waals surface area (Å²) in [6.07, 6.45) is 0. The monoisotopic (exact) mass is 349 g/mol. The average Bonchev–Trinajstić information content (AvgIpc) is 3.08. The molecule has 0 bridgehead atoms. The van der Waals surface area contributed by atoms with E-state index >= 15 is 0 Å². The lowest BCUT2D eigenvalue weighted by atomic mass is 10.1. The second-order valence-corrected chi connectivity index (χ2v) is 6.69. The number of hydrogen-bond acceptors (Lipinski definition) is 5. The lowest BCUT2D eigenvalue weighted by Gasteiger charge is -2.18. The number of nitrogens with one attached hydrogen (secondary N) is 1. The van der Waals surface area contributed by atoms with Gasteiger partial charge in [-0.05, 0) is 23.9 Å². The Morgan fingerprint density at radius 3 is 2.61 bits per heavy atom. The van der Waals surface area contributed by atoms with Gasteiger partial charge < -0.3 is 10.1 Å². The molecule has 1 heterocycles. The first-order valence-electron chi connectivity index (χ1n) is 7.31. The highest BCUT2D eigenvalue weighted by Crippen LogP contribution is 2.25. The van der Waals surface area contributed by atoms with Crippen LogP contribution in [0.3, 0.4) is 0 Å². The Balaban J connectivity index is 1.93. The number of thiophene rings is 1. The molecule has 122 valence electrons. The van der Waals surface area contributed by atoms with Gasteiger partial charge >= 0.3 is 5.97 Å². The molecule has 1 aromatic heterocycles. The summed E-state index contributed by atoms with van der Waals surface area (Å²) in [4.78, 5) is 24.5. The van der Waals surface area contributed by atoms with E-state index in [9.17, 15) is 9.59 Å². The Labute approximate surface area is 144 Å². The van der Waals surface area contributed by atoms with Crippen LogP contribution in [0.2, 0.25) is 0 Å². The minimum atomic E-state index is -0.289. The van der Waals surface area contributed by atoms with Gasteiger partial charge in [-0.1, -0.05) is 36.4 Å². The van der Waals surface area contributed by atoms with Gasteiger partial charge in [0.25, 0.3) is 0 Å². The second-order valence-electron chi connectivity index (χ2n) is 4.72. The van der Waals surface area contributed by atoms with Crippen LogP contribution in [0.5, 0.6) is 0 Å². The largest absolute Gasteiger partial charge is 0.465 e. The van der Waals surface area contributed by atoms with E-state index < -0.39 is 0 Å². The van der Waals surface area contributed by atoms with Crippen LogP contribution in [0.1, 0.15) is 23.4 Å². The van der Waals surface area contributed by atoms with Gasteiger partial charge in [-0.2, -0.15) is 0 Å². The van der Waals surface area contributed by atoms with E-state index in [1.54, 1.807) is 18.3 Å². The van der Waals surface area contributed by atoms with Gasteiger partial charge in [0.2, 0.25) is 5.91 Å². The number of hydrogen-bond donors (Lipinski definition) is 1. The molecule has 0 saturated heterocycles. The molecule has 1 aromatic carbocycles. The zero-order valence-electron chi connectivity index (χ0n) is 12.9. The number of ether oxygens (including phenoxy) is 1. The van der Waals surface area contributed by atoms with Gasteiger partial charge in [0.05, 0.1) is 24.2 Å². The number of thioether (sulfide) groups is 1. The minimum absolute atomic E-state index is 0.0958. The van der Waals surface area contributed by atoms with Gasteiger partial charge in [0.1, 0.15) is 0 Å². The number of benzene rings is 1. The normalized spacial score (nSPS) is 11.7. The van der Waals surface area contributed by atoms with Crippen molar-refractivity contribution in [1.82, 2.24) is 5.32 Å². The summed E-state index contributed by atoms with van der Waals surface area (Å²) >= 11 is 2.87. The van der Waals surface area contributed by atoms with Crippen LogP contribution in [0, 0.1) is 0 Å². The Morgan fingerprint density at radius 1 is 1.17 bits per heavy atom. The summed E-state index contributed by atoms with van der Waals surface area (Å²) in [6, 6.07) is 13.7. The highest BCUT2D eigenvalue weighted by molar-refractivity contribution is 8.00. The Morgan fingerprint density at radius 2 is 1.96 bits per heavy atom. The fourth-order valence-electron chi connectivity index (χ4n) is 2.05. The SMILES string of the molecule is CCOC(=O)CSCC(=O)N[C@H](c1ccccc1)c1cccs1. The van der Waals surface area contributed by atoms with E-state index in [2.05, 4.69) is 5.32 Å². The molecule has 0 spiro atoms. The summed E-state index contributed by atoms with van der Waals surface area (Å²) < 4.78 is 4.84. The molecule has 1 amide bonds. The Hall–Kier alpha value is -1.79. The molecule has 2 rings (SSSR count). The number of rotatable bonds is 8. The van der Waals surface area contributed by atoms with Gasteiger partial charge in [-0.25, -0.2) is 0 Å². The van der Waals surface area contributed by atoms with E-state index in [-0.39, 0.29) is 29.4 Å². The Kier molecular flexibility index (Phi) is 7.16. The average molecular weight is 349 g/mol. The van der Waals surface area contributed by atoms with E-state index in [0.29, 0.717) is 6.61 Å². The van der Waals surface area contributed by atoms with Gasteiger partial charge in [-0.15, -0.1) is 23.1 Å². The molecule has 1 N–H and O–H groups in total. The van der Waals surface area contributed by atoms with Crippen molar-refractivity contribution in [3.63, 3.8) is 0 Å². The molecule has 23 heavy (non-hydrogen) atoms. The van der Waals surface area contributed by atoms with Gasteiger partial charge in [-0.3, -0.25) is 9.59 Å². The summed E-state index contributed by atoms with van der Waals surface area (Å²) in [5, 5.41) is 5.03. The fraction of sp³-hybridized carbons (Fsp3) is 0.294. The number of esters is 1. The van der Waals surface area contributed by atoms with Crippen molar-refractivity contribution in [1.29, 1.82) is 0 Å². The van der Waals surface area contributed by atoms with Gasteiger partial charge in [0, 0.05) is 4.88 Å². The molecule has 6 heteroatoms. The second kappa shape index (κ2) is 9.37. The van der Waals surface area contributed by atoms with Crippen molar-refractivity contribution in [3.05, 3.63) is 58.3 Å². The predicted octanol–water partition coefficient (Wildman–Crippen LogP) is 3.25. The van der Waals surface area contributed by atoms with E-state index in [4.69, 9.17) is 4.74 Å². The van der Waals surface area contributed by atoms with Crippen molar-refractivity contribution >= 4 is 35.0 Å². The summed E-state index contributed by atoms with van der Waals surface area (Å²) in [7, 11) is 0. The lowest BCUT2D eigenvalue weighted by molar-refractivity contribution is -0.139. The topological polar surface area (TPSA) is 55.4 Å². The maximum Gasteiger partial charge on any atom is 0.315 e. The zero-order valence-corrected chi connectivity index (χ0v) is 14.5. The number of carbonyl (C=O) groups is 2. The van der Waals surface area contributed by atoms with Crippen LogP contribution in [0.25, 0.3) is 0 Å². The molecule has 0 saturated carbocycles. The molecule has 1 atom stereocenters. The standard InChI is InChI=1S/C17H19NO3S2/c1-2-21-16(20)12-22-11-15(19)18-17(14-9-6-10-23-14)13-7-4-3-5-8-13/h3-10,17H,2,11-12H2,1H3,(H,18,19)/t17-/m1/s1. The quantitative estimate of drug-likeness (QED) is 0.743. The van der Waals surface area contributed by atoms with E-state index in [1.165, 1.54) is 11.8 Å². The highest BCUT2D eigenvalue weighted by Gasteiger charge is 2.17. The third kappa shape index (κ3) is 5.73. The molecule has 0 aliphatic heterocycles. The van der Waals surface area contributed by atoms with Crippen LogP contribution < -0.4 is 5.32 Å². The van der Waals surface area contributed by atoms with Crippen LogP contribution in [-0.2, 0) is 14.3 Å². The van der Waals surface area contributed by atoms with Crippen molar-refractivity contribution in [2.45, 2.75) is 13.0 Å². The zero-order chi connectivity index (χ0) is 16.5. The van der Waals surface area contributed by atoms with Crippen molar-refractivity contribution in [2.75, 3.05) is 18.1 Å². The van der Waals surface area contributed by atoms with Crippen LogP contribution in [-0.4, -0.2) is 30.0 Å². The molecule has 0 radical (unpaired) electrons. The smallest absolute Gasteiger partial charge is 0.315 e. The third-order valence-corrected chi connectivity index (χ3v) is 4.87. The van der Waals surface area contributed by atoms with Crippen LogP contribution in [0.15, 0.2) is 47.8 Å². The van der Waals surface area contributed by atoms with Crippen molar-refractivity contribution in [2.24, 2.45) is 0 Å². The summed E-state index contributed by atoms with van der Waals surface area (Å²) in [6.45, 7) is 2.13. The molecule has 0 aliphatic rings. The van der Waals surface area contributed by atoms with Crippen LogP contribution in [0.4, 0.5) is 0 Å². The lowest BCUT2D eigenvalue weighted by Crippen LogP contribution is -2.30. The van der Waals surface area contributed by atoms with Crippen molar-refractivity contribution < 1.29 is 14.3 Å². The molecule has 0 fully saturated rings. The predicted molar refractivity (Wildman–Crippen MR) is 94.7 cm³/mol. The number of carbonyl (C=O) groups excluding carboxylic acids is 2. The first-order valence-corrected chi connectivity index (χ1v) is 9.35. The van der Waals surface area contributed by atoms with Crippen molar-refractivity contribution in [3.8, 4) is 0 Å². The summed E-state index contributed by atoms with van der Waals surface area (Å²) in [5.74, 6) is 0.0359. The summed E-state index contributed by atoms with van der Waals surface area (Å²) in [5.41, 5.74) is 1.04. The molecule has 4 nitrogen and oxygen atoms in total. The molecular weight excluding hydrogens is 330 g/mol. The molecule has 0 unspecified atom stereocenters. The van der Waals surface area contributed by atoms with E-state index in [0.717, 1.165) is 10.4 Å². The maximum atomic E-state index is 12.2. The first-order chi connectivity index (χ1) is 11.2. The Bertz CT molecular complexity index is 614. The van der Waals surface area contributed by atoms with E-state index in [1.807, 2.05) is 47.8 Å². The molecule has 2 aromatic rings. The minimum Gasteiger partial charge on any atom is -0.465 e. The molecule has 0 aliphatic carbocycles. The van der Waals surface area contributed by atoms with Crippen LogP contribution >= 0.6 is 23.1 Å². The van der Waals surface area contributed by atoms with Gasteiger partial charge in [0.15, 0.2) is 0 Å². The maximum absolute atomic E-state index is 12.2. The number of amides is 1. The molecular formula is C17H19NO3S2. The first kappa shape index (κ1) is 17.6.